The maximum atomic E-state index is 11.3. The molecule has 3 aliphatic rings. The minimum Gasteiger partial charge on any atom is -0.392 e. The molecule has 2 atom stereocenters. The summed E-state index contributed by atoms with van der Waals surface area (Å²) in [6.07, 6.45) is 0.664. The third kappa shape index (κ3) is 0.551. The first kappa shape index (κ1) is 7.77. The van der Waals surface area contributed by atoms with Gasteiger partial charge >= 0.3 is 11.9 Å². The van der Waals surface area contributed by atoms with E-state index in [1.165, 1.54) is 0 Å². The first-order valence-electron chi connectivity index (χ1n) is 4.16. The number of esters is 2. The maximum Gasteiger partial charge on any atom is 0.320 e. The highest BCUT2D eigenvalue weighted by atomic mass is 16.6. The topological polar surface area (TPSA) is 43.4 Å². The largest absolute Gasteiger partial charge is 0.392 e. The van der Waals surface area contributed by atoms with Gasteiger partial charge in [-0.3, -0.25) is 9.59 Å². The van der Waals surface area contributed by atoms with Gasteiger partial charge in [0, 0.05) is 0 Å². The van der Waals surface area contributed by atoms with Crippen LogP contribution in [-0.4, -0.2) is 11.9 Å². The van der Waals surface area contributed by atoms with Gasteiger partial charge < -0.3 is 4.74 Å². The van der Waals surface area contributed by atoms with Crippen molar-refractivity contribution in [3.8, 4) is 0 Å². The Bertz CT molecular complexity index is 279. The van der Waals surface area contributed by atoms with Gasteiger partial charge in [-0.05, 0) is 18.8 Å². The average molecular weight is 168 g/mol. The number of carbonyl (C=O) groups excluding carboxylic acids is 2. The summed E-state index contributed by atoms with van der Waals surface area (Å²) in [5.74, 6) is -0.756. The van der Waals surface area contributed by atoms with Crippen molar-refractivity contribution >= 4 is 11.9 Å². The lowest BCUT2D eigenvalue weighted by atomic mass is 9.44. The number of carbonyl (C=O) groups is 2. The van der Waals surface area contributed by atoms with Crippen LogP contribution < -0.4 is 0 Å². The van der Waals surface area contributed by atoms with Gasteiger partial charge in [0.25, 0.3) is 0 Å². The van der Waals surface area contributed by atoms with Gasteiger partial charge in [-0.15, -0.1) is 0 Å². The molecular weight excluding hydrogens is 156 g/mol. The summed E-state index contributed by atoms with van der Waals surface area (Å²) in [6.45, 7) is 5.79. The Balaban J connectivity index is 2.43. The van der Waals surface area contributed by atoms with Crippen LogP contribution in [0.2, 0.25) is 0 Å². The molecule has 3 fully saturated rings. The van der Waals surface area contributed by atoms with Gasteiger partial charge in [0.15, 0.2) is 0 Å². The Morgan fingerprint density at radius 2 is 1.92 bits per heavy atom. The lowest BCUT2D eigenvalue weighted by Crippen LogP contribution is -2.65. The molecule has 3 nitrogen and oxygen atoms in total. The molecule has 0 unspecified atom stereocenters. The van der Waals surface area contributed by atoms with Gasteiger partial charge in [0.2, 0.25) is 0 Å². The molecular formula is C9H12O3. The van der Waals surface area contributed by atoms with Gasteiger partial charge in [-0.1, -0.05) is 13.8 Å². The van der Waals surface area contributed by atoms with Gasteiger partial charge in [0.1, 0.15) is 0 Å². The van der Waals surface area contributed by atoms with Crippen molar-refractivity contribution < 1.29 is 14.3 Å². The summed E-state index contributed by atoms with van der Waals surface area (Å²) in [4.78, 5) is 22.5. The molecule has 3 rings (SSSR count). The smallest absolute Gasteiger partial charge is 0.320 e. The van der Waals surface area contributed by atoms with Crippen LogP contribution in [0.25, 0.3) is 0 Å². The van der Waals surface area contributed by atoms with Crippen molar-refractivity contribution in [2.24, 2.45) is 16.7 Å². The van der Waals surface area contributed by atoms with Crippen LogP contribution in [0.5, 0.6) is 0 Å². The molecule has 0 aromatic heterocycles. The van der Waals surface area contributed by atoms with Crippen molar-refractivity contribution in [1.29, 1.82) is 0 Å². The van der Waals surface area contributed by atoms with Crippen molar-refractivity contribution in [2.45, 2.75) is 27.2 Å². The number of ether oxygens (including phenoxy) is 1. The van der Waals surface area contributed by atoms with Crippen LogP contribution in [0.4, 0.5) is 0 Å². The highest BCUT2D eigenvalue weighted by Crippen LogP contribution is 2.63. The van der Waals surface area contributed by atoms with E-state index in [1.54, 1.807) is 0 Å². The van der Waals surface area contributed by atoms with E-state index in [0.29, 0.717) is 6.42 Å². The zero-order chi connectivity index (χ0) is 9.15. The predicted molar refractivity (Wildman–Crippen MR) is 41.1 cm³/mol. The summed E-state index contributed by atoms with van der Waals surface area (Å²) >= 11 is 0. The molecule has 12 heavy (non-hydrogen) atoms. The molecule has 2 bridgehead atoms. The number of rotatable bonds is 0. The highest BCUT2D eigenvalue weighted by Gasteiger charge is 2.69. The predicted octanol–water partition coefficient (Wildman–Crippen LogP) is 1.12. The van der Waals surface area contributed by atoms with Crippen LogP contribution in [0.3, 0.4) is 0 Å². The molecule has 2 aliphatic heterocycles. The van der Waals surface area contributed by atoms with Crippen molar-refractivity contribution in [1.82, 2.24) is 0 Å². The van der Waals surface area contributed by atoms with Crippen LogP contribution in [0.1, 0.15) is 27.2 Å². The minimum absolute atomic E-state index is 0.0693. The summed E-state index contributed by atoms with van der Waals surface area (Å²) in [5.41, 5.74) is -0.634. The molecule has 1 aliphatic carbocycles. The maximum absolute atomic E-state index is 11.3. The molecule has 2 heterocycles. The third-order valence-electron chi connectivity index (χ3n) is 3.83. The second kappa shape index (κ2) is 1.73. The second-order valence-corrected chi connectivity index (χ2v) is 4.52. The van der Waals surface area contributed by atoms with Crippen LogP contribution in [0.15, 0.2) is 0 Å². The molecule has 0 N–H and O–H groups in total. The molecule has 2 saturated heterocycles. The molecule has 0 aromatic carbocycles. The Hall–Kier alpha value is -0.860. The van der Waals surface area contributed by atoms with Crippen LogP contribution in [0, 0.1) is 16.7 Å². The van der Waals surface area contributed by atoms with E-state index in [9.17, 15) is 9.59 Å². The second-order valence-electron chi connectivity index (χ2n) is 4.52. The lowest BCUT2D eigenvalue weighted by molar-refractivity contribution is -0.222. The molecule has 1 saturated carbocycles. The first-order valence-corrected chi connectivity index (χ1v) is 4.16. The molecule has 0 amide bonds. The Kier molecular flexibility index (Phi) is 1.12. The monoisotopic (exact) mass is 168 g/mol. The number of hydrogen-bond acceptors (Lipinski definition) is 3. The summed E-state index contributed by atoms with van der Waals surface area (Å²) < 4.78 is 4.61. The molecule has 0 aromatic rings. The van der Waals surface area contributed by atoms with E-state index in [0.717, 1.165) is 0 Å². The lowest BCUT2D eigenvalue weighted by Gasteiger charge is -2.59. The zero-order valence-electron chi connectivity index (χ0n) is 7.51. The van der Waals surface area contributed by atoms with Gasteiger partial charge in [0.05, 0.1) is 11.3 Å². The molecule has 0 radical (unpaired) electrons. The Morgan fingerprint density at radius 1 is 1.33 bits per heavy atom. The normalized spacial score (nSPS) is 43.4. The van der Waals surface area contributed by atoms with E-state index in [4.69, 9.17) is 0 Å². The molecule has 66 valence electrons. The van der Waals surface area contributed by atoms with Crippen LogP contribution in [-0.2, 0) is 14.3 Å². The van der Waals surface area contributed by atoms with Crippen molar-refractivity contribution in [3.05, 3.63) is 0 Å². The van der Waals surface area contributed by atoms with Crippen molar-refractivity contribution in [2.75, 3.05) is 0 Å². The quantitative estimate of drug-likeness (QED) is 0.402. The third-order valence-corrected chi connectivity index (χ3v) is 3.83. The zero-order valence-corrected chi connectivity index (χ0v) is 7.51. The fourth-order valence-corrected chi connectivity index (χ4v) is 2.18. The summed E-state index contributed by atoms with van der Waals surface area (Å²) in [7, 11) is 0. The van der Waals surface area contributed by atoms with E-state index in [-0.39, 0.29) is 23.3 Å². The fraction of sp³-hybridized carbons (Fsp3) is 0.778. The van der Waals surface area contributed by atoms with Crippen molar-refractivity contribution in [3.63, 3.8) is 0 Å². The van der Waals surface area contributed by atoms with Gasteiger partial charge in [-0.25, -0.2) is 0 Å². The Labute approximate surface area is 71.1 Å². The minimum atomic E-state index is -0.425. The average Bonchev–Trinajstić information content (AvgIpc) is 1.96. The summed E-state index contributed by atoms with van der Waals surface area (Å²) in [5, 5.41) is 0. The summed E-state index contributed by atoms with van der Waals surface area (Å²) in [6, 6.07) is 0. The first-order chi connectivity index (χ1) is 5.39. The number of hydrogen-bond donors (Lipinski definition) is 0. The van der Waals surface area contributed by atoms with E-state index in [1.807, 2.05) is 20.8 Å². The van der Waals surface area contributed by atoms with E-state index >= 15 is 0 Å². The molecule has 0 spiro atoms. The van der Waals surface area contributed by atoms with E-state index in [2.05, 4.69) is 4.74 Å². The molecule has 3 heteroatoms. The van der Waals surface area contributed by atoms with Gasteiger partial charge in [-0.2, -0.15) is 0 Å². The SMILES string of the molecule is CC1(C)[C@@H]2C[C@@]1(C)C(=O)OC2=O. The van der Waals surface area contributed by atoms with Crippen LogP contribution >= 0.6 is 0 Å². The standard InChI is InChI=1S/C9H12O3/c1-8(2)5-4-9(8,3)7(11)12-6(5)10/h5H,4H2,1-3H3/t5-,9+/m1/s1. The highest BCUT2D eigenvalue weighted by molar-refractivity contribution is 5.97. The number of fused-ring (bicyclic) bond motifs is 2. The Morgan fingerprint density at radius 3 is 2.33 bits per heavy atom. The van der Waals surface area contributed by atoms with E-state index < -0.39 is 5.41 Å². The fourth-order valence-electron chi connectivity index (χ4n) is 2.18.